The maximum Gasteiger partial charge on any atom is 0.416 e. The Bertz CT molecular complexity index is 786. The lowest BCUT2D eigenvalue weighted by Gasteiger charge is -2.32. The van der Waals surface area contributed by atoms with E-state index in [2.05, 4.69) is 19.9 Å². The van der Waals surface area contributed by atoms with E-state index in [0.29, 0.717) is 24.0 Å². The van der Waals surface area contributed by atoms with Gasteiger partial charge < -0.3 is 9.42 Å². The van der Waals surface area contributed by atoms with Crippen LogP contribution in [0.15, 0.2) is 28.8 Å². The summed E-state index contributed by atoms with van der Waals surface area (Å²) in [7, 11) is 0. The monoisotopic (exact) mass is 394 g/mol. The van der Waals surface area contributed by atoms with E-state index in [9.17, 15) is 13.2 Å². The lowest BCUT2D eigenvalue weighted by atomic mass is 10.1. The van der Waals surface area contributed by atoms with Gasteiger partial charge in [0.1, 0.15) is 0 Å². The second-order valence-corrected chi connectivity index (χ2v) is 7.72. The summed E-state index contributed by atoms with van der Waals surface area (Å²) in [6, 6.07) is 5.51. The van der Waals surface area contributed by atoms with Gasteiger partial charge in [-0.3, -0.25) is 4.90 Å². The van der Waals surface area contributed by atoms with E-state index in [4.69, 9.17) is 4.52 Å². The van der Waals surface area contributed by atoms with Crippen molar-refractivity contribution in [2.24, 2.45) is 0 Å². The minimum Gasteiger partial charge on any atom is -0.338 e. The predicted molar refractivity (Wildman–Crippen MR) is 98.5 cm³/mol. The molecule has 152 valence electrons. The van der Waals surface area contributed by atoms with Gasteiger partial charge in [-0.25, -0.2) is 0 Å². The third-order valence-electron chi connectivity index (χ3n) is 5.67. The number of piperidine rings is 1. The summed E-state index contributed by atoms with van der Waals surface area (Å²) in [5, 5.41) is 3.90. The molecule has 8 heteroatoms. The van der Waals surface area contributed by atoms with Gasteiger partial charge in [-0.05, 0) is 57.5 Å². The van der Waals surface area contributed by atoms with Crippen LogP contribution < -0.4 is 0 Å². The molecule has 3 heterocycles. The highest BCUT2D eigenvalue weighted by atomic mass is 19.4. The number of alkyl halides is 3. The molecule has 2 saturated heterocycles. The molecule has 28 heavy (non-hydrogen) atoms. The van der Waals surface area contributed by atoms with Crippen LogP contribution in [0, 0.1) is 0 Å². The summed E-state index contributed by atoms with van der Waals surface area (Å²) in [5.74, 6) is 0.658. The molecule has 5 nitrogen and oxygen atoms in total. The number of aromatic nitrogens is 2. The molecule has 0 spiro atoms. The normalized spacial score (nSPS) is 22.0. The highest BCUT2D eigenvalue weighted by Crippen LogP contribution is 2.31. The summed E-state index contributed by atoms with van der Waals surface area (Å²) < 4.78 is 44.1. The Morgan fingerprint density at radius 2 is 1.89 bits per heavy atom. The third kappa shape index (κ3) is 4.55. The van der Waals surface area contributed by atoms with Gasteiger partial charge in [0.15, 0.2) is 0 Å². The largest absolute Gasteiger partial charge is 0.416 e. The first-order chi connectivity index (χ1) is 13.5. The van der Waals surface area contributed by atoms with E-state index in [1.54, 1.807) is 6.07 Å². The number of rotatable bonds is 5. The van der Waals surface area contributed by atoms with Crippen molar-refractivity contribution in [3.8, 4) is 11.4 Å². The first-order valence-corrected chi connectivity index (χ1v) is 9.96. The Labute approximate surface area is 162 Å². The lowest BCUT2D eigenvalue weighted by molar-refractivity contribution is -0.137. The Balaban J connectivity index is 1.41. The molecule has 1 unspecified atom stereocenters. The third-order valence-corrected chi connectivity index (χ3v) is 5.67. The Morgan fingerprint density at radius 1 is 1.07 bits per heavy atom. The summed E-state index contributed by atoms with van der Waals surface area (Å²) in [6.45, 7) is 4.94. The van der Waals surface area contributed by atoms with Crippen LogP contribution in [-0.2, 0) is 12.7 Å². The number of hydrogen-bond acceptors (Lipinski definition) is 5. The summed E-state index contributed by atoms with van der Waals surface area (Å²) >= 11 is 0. The first kappa shape index (κ1) is 19.4. The molecule has 4 rings (SSSR count). The molecule has 1 aromatic heterocycles. The fourth-order valence-corrected chi connectivity index (χ4v) is 4.19. The Kier molecular flexibility index (Phi) is 5.68. The zero-order chi connectivity index (χ0) is 19.6. The number of hydrogen-bond donors (Lipinski definition) is 0. The summed E-state index contributed by atoms with van der Waals surface area (Å²) in [5.41, 5.74) is -0.395. The fourth-order valence-electron chi connectivity index (χ4n) is 4.19. The van der Waals surface area contributed by atoms with Gasteiger partial charge in [0.05, 0.1) is 12.1 Å². The van der Waals surface area contributed by atoms with Gasteiger partial charge in [-0.1, -0.05) is 23.7 Å². The van der Waals surface area contributed by atoms with Gasteiger partial charge in [0.25, 0.3) is 0 Å². The molecular weight excluding hydrogens is 369 g/mol. The van der Waals surface area contributed by atoms with Crippen LogP contribution in [0.3, 0.4) is 0 Å². The molecule has 2 fully saturated rings. The van der Waals surface area contributed by atoms with E-state index in [-0.39, 0.29) is 5.82 Å². The van der Waals surface area contributed by atoms with Crippen LogP contribution >= 0.6 is 0 Å². The maximum absolute atomic E-state index is 12.9. The van der Waals surface area contributed by atoms with Gasteiger partial charge in [0, 0.05) is 18.2 Å². The van der Waals surface area contributed by atoms with Crippen LogP contribution in [0.4, 0.5) is 13.2 Å². The van der Waals surface area contributed by atoms with Gasteiger partial charge >= 0.3 is 6.18 Å². The number of nitrogens with zero attached hydrogens (tertiary/aromatic N) is 4. The van der Waals surface area contributed by atoms with Crippen molar-refractivity contribution in [2.75, 3.05) is 26.2 Å². The zero-order valence-electron chi connectivity index (χ0n) is 15.8. The Hall–Kier alpha value is -1.93. The average Bonchev–Trinajstić information content (AvgIpc) is 3.32. The SMILES string of the molecule is FC(F)(F)c1cccc(-c2noc(CN3CCCC3CN3CCCCC3)n2)c1. The molecule has 0 amide bonds. The molecular formula is C20H25F3N4O. The highest BCUT2D eigenvalue weighted by molar-refractivity contribution is 5.55. The molecule has 1 atom stereocenters. The molecule has 2 aliphatic heterocycles. The quantitative estimate of drug-likeness (QED) is 0.760. The van der Waals surface area contributed by atoms with Crippen LogP contribution in [0.2, 0.25) is 0 Å². The van der Waals surface area contributed by atoms with Crippen molar-refractivity contribution in [2.45, 2.75) is 50.9 Å². The molecule has 0 aliphatic carbocycles. The van der Waals surface area contributed by atoms with E-state index in [1.807, 2.05) is 0 Å². The minimum atomic E-state index is -4.39. The van der Waals surface area contributed by atoms with E-state index in [1.165, 1.54) is 38.4 Å². The molecule has 2 aliphatic rings. The molecule has 0 N–H and O–H groups in total. The Morgan fingerprint density at radius 3 is 2.68 bits per heavy atom. The topological polar surface area (TPSA) is 45.4 Å². The number of halogens is 3. The first-order valence-electron chi connectivity index (χ1n) is 9.96. The number of likely N-dealkylation sites (tertiary alicyclic amines) is 2. The summed E-state index contributed by atoms with van der Waals surface area (Å²) in [6.07, 6.45) is 1.79. The van der Waals surface area contributed by atoms with Crippen molar-refractivity contribution in [1.82, 2.24) is 19.9 Å². The second kappa shape index (κ2) is 8.21. The summed E-state index contributed by atoms with van der Waals surface area (Å²) in [4.78, 5) is 9.24. The minimum absolute atomic E-state index is 0.202. The maximum atomic E-state index is 12.9. The van der Waals surface area contributed by atoms with E-state index in [0.717, 1.165) is 38.1 Å². The van der Waals surface area contributed by atoms with Crippen molar-refractivity contribution in [3.63, 3.8) is 0 Å². The zero-order valence-corrected chi connectivity index (χ0v) is 15.8. The smallest absolute Gasteiger partial charge is 0.338 e. The van der Waals surface area contributed by atoms with E-state index < -0.39 is 11.7 Å². The van der Waals surface area contributed by atoms with Crippen molar-refractivity contribution >= 4 is 0 Å². The molecule has 1 aromatic carbocycles. The molecule has 0 radical (unpaired) electrons. The number of benzene rings is 1. The van der Waals surface area contributed by atoms with Crippen molar-refractivity contribution in [1.29, 1.82) is 0 Å². The van der Waals surface area contributed by atoms with Crippen LogP contribution in [0.25, 0.3) is 11.4 Å². The van der Waals surface area contributed by atoms with Gasteiger partial charge in [-0.15, -0.1) is 0 Å². The van der Waals surface area contributed by atoms with Crippen LogP contribution in [0.1, 0.15) is 43.6 Å². The van der Waals surface area contributed by atoms with E-state index >= 15 is 0 Å². The van der Waals surface area contributed by atoms with Gasteiger partial charge in [0.2, 0.25) is 11.7 Å². The van der Waals surface area contributed by atoms with Crippen LogP contribution in [0.5, 0.6) is 0 Å². The fraction of sp³-hybridized carbons (Fsp3) is 0.600. The van der Waals surface area contributed by atoms with Crippen LogP contribution in [-0.4, -0.2) is 52.2 Å². The second-order valence-electron chi connectivity index (χ2n) is 7.72. The van der Waals surface area contributed by atoms with Crippen molar-refractivity contribution in [3.05, 3.63) is 35.7 Å². The highest BCUT2D eigenvalue weighted by Gasteiger charge is 2.31. The molecule has 0 bridgehead atoms. The predicted octanol–water partition coefficient (Wildman–Crippen LogP) is 4.21. The standard InChI is InChI=1S/C20H25F3N4O/c21-20(22,23)16-7-4-6-15(12-16)19-24-18(28-25-19)14-27-11-5-8-17(27)13-26-9-2-1-3-10-26/h4,6-7,12,17H,1-3,5,8-11,13-14H2. The average molecular weight is 394 g/mol. The van der Waals surface area contributed by atoms with Gasteiger partial charge in [-0.2, -0.15) is 18.2 Å². The molecule has 2 aromatic rings. The van der Waals surface area contributed by atoms with Crippen molar-refractivity contribution < 1.29 is 17.7 Å². The molecule has 0 saturated carbocycles. The lowest BCUT2D eigenvalue weighted by Crippen LogP contribution is -2.42.